The van der Waals surface area contributed by atoms with Crippen LogP contribution in [0.5, 0.6) is 11.5 Å². The Kier molecular flexibility index (Phi) is 3.21. The van der Waals surface area contributed by atoms with Crippen LogP contribution in [0, 0.1) is 11.3 Å². The van der Waals surface area contributed by atoms with Gasteiger partial charge in [-0.25, -0.2) is 5.43 Å². The first kappa shape index (κ1) is 11.0. The number of hydrogen-bond donors (Lipinski definition) is 1. The van der Waals surface area contributed by atoms with E-state index in [1.807, 2.05) is 0 Å². The summed E-state index contributed by atoms with van der Waals surface area (Å²) in [5, 5.41) is 12.0. The lowest BCUT2D eigenvalue weighted by atomic mass is 10.2. The standard InChI is InChI=1S/C11H9N3O3/c12-4-3-11(15)14-13-6-8-1-2-9-10(5-8)17-7-16-9/h1-2,5-6H,3,7H2,(H,14,15)/b13-6+. The molecule has 0 saturated heterocycles. The highest BCUT2D eigenvalue weighted by Gasteiger charge is 2.12. The Hall–Kier alpha value is -2.55. The quantitative estimate of drug-likeness (QED) is 0.615. The van der Waals surface area contributed by atoms with Gasteiger partial charge in [-0.3, -0.25) is 4.79 Å². The number of nitrogens with one attached hydrogen (secondary N) is 1. The average Bonchev–Trinajstić information content (AvgIpc) is 2.76. The molecule has 0 saturated carbocycles. The van der Waals surface area contributed by atoms with Crippen molar-refractivity contribution >= 4 is 12.1 Å². The Morgan fingerprint density at radius 2 is 2.35 bits per heavy atom. The van der Waals surface area contributed by atoms with E-state index in [9.17, 15) is 4.79 Å². The van der Waals surface area contributed by atoms with Gasteiger partial charge in [-0.2, -0.15) is 10.4 Å². The maximum Gasteiger partial charge on any atom is 0.254 e. The molecule has 0 spiro atoms. The van der Waals surface area contributed by atoms with Crippen LogP contribution in [0.15, 0.2) is 23.3 Å². The normalized spacial score (nSPS) is 12.4. The van der Waals surface area contributed by atoms with E-state index < -0.39 is 5.91 Å². The molecule has 6 heteroatoms. The number of nitrogens with zero attached hydrogens (tertiary/aromatic N) is 2. The monoisotopic (exact) mass is 231 g/mol. The number of hydrogen-bond acceptors (Lipinski definition) is 5. The average molecular weight is 231 g/mol. The minimum absolute atomic E-state index is 0.210. The summed E-state index contributed by atoms with van der Waals surface area (Å²) in [5.41, 5.74) is 3.01. The molecule has 0 aromatic heterocycles. The van der Waals surface area contributed by atoms with E-state index in [4.69, 9.17) is 14.7 Å². The SMILES string of the molecule is N#CCC(=O)N/N=C/c1ccc2c(c1)OCO2. The van der Waals surface area contributed by atoms with Gasteiger partial charge in [0.15, 0.2) is 11.5 Å². The van der Waals surface area contributed by atoms with Gasteiger partial charge in [0.05, 0.1) is 12.3 Å². The van der Waals surface area contributed by atoms with Crippen LogP contribution in [-0.4, -0.2) is 18.9 Å². The fourth-order valence-corrected chi connectivity index (χ4v) is 1.28. The summed E-state index contributed by atoms with van der Waals surface area (Å²) >= 11 is 0. The van der Waals surface area contributed by atoms with Crippen molar-refractivity contribution in [1.29, 1.82) is 5.26 Å². The highest BCUT2D eigenvalue weighted by molar-refractivity contribution is 5.83. The first-order valence-electron chi connectivity index (χ1n) is 4.88. The van der Waals surface area contributed by atoms with Crippen LogP contribution in [-0.2, 0) is 4.79 Å². The Balaban J connectivity index is 1.97. The summed E-state index contributed by atoms with van der Waals surface area (Å²) in [5.74, 6) is 0.900. The van der Waals surface area contributed by atoms with Crippen LogP contribution < -0.4 is 14.9 Å². The molecule has 2 rings (SSSR count). The highest BCUT2D eigenvalue weighted by Crippen LogP contribution is 2.31. The number of rotatable bonds is 3. The molecule has 1 N–H and O–H groups in total. The molecular weight excluding hydrogens is 222 g/mol. The molecule has 1 aliphatic rings. The van der Waals surface area contributed by atoms with E-state index in [0.717, 1.165) is 5.56 Å². The van der Waals surface area contributed by atoms with Gasteiger partial charge >= 0.3 is 0 Å². The molecule has 86 valence electrons. The van der Waals surface area contributed by atoms with Crippen LogP contribution in [0.3, 0.4) is 0 Å². The molecule has 17 heavy (non-hydrogen) atoms. The van der Waals surface area contributed by atoms with E-state index in [2.05, 4.69) is 10.5 Å². The molecule has 1 heterocycles. The van der Waals surface area contributed by atoms with Crippen molar-refractivity contribution in [3.8, 4) is 17.6 Å². The first-order valence-corrected chi connectivity index (χ1v) is 4.88. The summed E-state index contributed by atoms with van der Waals surface area (Å²) < 4.78 is 10.3. The fraction of sp³-hybridized carbons (Fsp3) is 0.182. The van der Waals surface area contributed by atoms with Crippen LogP contribution in [0.25, 0.3) is 0 Å². The number of amides is 1. The van der Waals surface area contributed by atoms with E-state index in [1.54, 1.807) is 24.3 Å². The van der Waals surface area contributed by atoms with Gasteiger partial charge < -0.3 is 9.47 Å². The Morgan fingerprint density at radius 3 is 3.18 bits per heavy atom. The number of benzene rings is 1. The molecule has 0 unspecified atom stereocenters. The van der Waals surface area contributed by atoms with E-state index in [0.29, 0.717) is 11.5 Å². The molecule has 1 amide bonds. The number of nitriles is 1. The number of carbonyl (C=O) groups excluding carboxylic acids is 1. The summed E-state index contributed by atoms with van der Waals surface area (Å²) in [6.07, 6.45) is 1.26. The van der Waals surface area contributed by atoms with Crippen molar-refractivity contribution < 1.29 is 14.3 Å². The zero-order chi connectivity index (χ0) is 12.1. The Bertz CT molecular complexity index is 505. The summed E-state index contributed by atoms with van der Waals surface area (Å²) in [4.78, 5) is 10.9. The fourth-order valence-electron chi connectivity index (χ4n) is 1.28. The minimum atomic E-state index is -0.440. The summed E-state index contributed by atoms with van der Waals surface area (Å²) in [7, 11) is 0. The predicted octanol–water partition coefficient (Wildman–Crippen LogP) is 0.779. The first-order chi connectivity index (χ1) is 8.29. The number of ether oxygens (including phenoxy) is 2. The van der Waals surface area contributed by atoms with Crippen LogP contribution in [0.2, 0.25) is 0 Å². The second kappa shape index (κ2) is 4.99. The van der Waals surface area contributed by atoms with Gasteiger partial charge in [0.25, 0.3) is 5.91 Å². The van der Waals surface area contributed by atoms with Crippen LogP contribution in [0.1, 0.15) is 12.0 Å². The van der Waals surface area contributed by atoms with Gasteiger partial charge in [-0.15, -0.1) is 0 Å². The van der Waals surface area contributed by atoms with Gasteiger partial charge in [0.1, 0.15) is 6.42 Å². The third-order valence-electron chi connectivity index (χ3n) is 2.04. The smallest absolute Gasteiger partial charge is 0.254 e. The molecule has 0 fully saturated rings. The highest BCUT2D eigenvalue weighted by atomic mass is 16.7. The van der Waals surface area contributed by atoms with E-state index >= 15 is 0 Å². The third-order valence-corrected chi connectivity index (χ3v) is 2.04. The zero-order valence-electron chi connectivity index (χ0n) is 8.84. The predicted molar refractivity (Wildman–Crippen MR) is 58.5 cm³/mol. The van der Waals surface area contributed by atoms with Gasteiger partial charge in [0.2, 0.25) is 6.79 Å². The van der Waals surface area contributed by atoms with Crippen molar-refractivity contribution in [3.63, 3.8) is 0 Å². The lowest BCUT2D eigenvalue weighted by molar-refractivity contribution is -0.120. The Labute approximate surface area is 97.4 Å². The minimum Gasteiger partial charge on any atom is -0.454 e. The third kappa shape index (κ3) is 2.72. The molecule has 0 bridgehead atoms. The molecule has 1 aromatic rings. The largest absolute Gasteiger partial charge is 0.454 e. The lowest BCUT2D eigenvalue weighted by Gasteiger charge is -1.97. The topological polar surface area (TPSA) is 83.7 Å². The van der Waals surface area contributed by atoms with Gasteiger partial charge in [-0.05, 0) is 23.8 Å². The second-order valence-electron chi connectivity index (χ2n) is 3.24. The van der Waals surface area contributed by atoms with Crippen LogP contribution in [0.4, 0.5) is 0 Å². The van der Waals surface area contributed by atoms with Crippen molar-refractivity contribution in [2.24, 2.45) is 5.10 Å². The number of fused-ring (bicyclic) bond motifs is 1. The van der Waals surface area contributed by atoms with Gasteiger partial charge in [0, 0.05) is 0 Å². The number of hydrazone groups is 1. The maximum absolute atomic E-state index is 10.9. The molecule has 1 aliphatic heterocycles. The molecule has 6 nitrogen and oxygen atoms in total. The molecule has 0 atom stereocenters. The summed E-state index contributed by atoms with van der Waals surface area (Å²) in [6.45, 7) is 0.217. The number of carbonyl (C=O) groups is 1. The van der Waals surface area contributed by atoms with Crippen molar-refractivity contribution in [1.82, 2.24) is 5.43 Å². The molecule has 0 radical (unpaired) electrons. The molecule has 0 aliphatic carbocycles. The zero-order valence-corrected chi connectivity index (χ0v) is 8.84. The molecular formula is C11H9N3O3. The summed E-state index contributed by atoms with van der Waals surface area (Å²) in [6, 6.07) is 7.03. The maximum atomic E-state index is 10.9. The lowest BCUT2D eigenvalue weighted by Crippen LogP contribution is -2.16. The van der Waals surface area contributed by atoms with Crippen molar-refractivity contribution in [2.45, 2.75) is 6.42 Å². The van der Waals surface area contributed by atoms with Crippen molar-refractivity contribution in [2.75, 3.05) is 6.79 Å². The van der Waals surface area contributed by atoms with Crippen molar-refractivity contribution in [3.05, 3.63) is 23.8 Å². The van der Waals surface area contributed by atoms with Crippen LogP contribution >= 0.6 is 0 Å². The van der Waals surface area contributed by atoms with Gasteiger partial charge in [-0.1, -0.05) is 0 Å². The van der Waals surface area contributed by atoms with E-state index in [-0.39, 0.29) is 13.2 Å². The second-order valence-corrected chi connectivity index (χ2v) is 3.24. The Morgan fingerprint density at radius 1 is 1.53 bits per heavy atom. The van der Waals surface area contributed by atoms with E-state index in [1.165, 1.54) is 6.21 Å². The molecule has 1 aromatic carbocycles.